The lowest BCUT2D eigenvalue weighted by Gasteiger charge is -2.34. The molecule has 0 aromatic rings. The summed E-state index contributed by atoms with van der Waals surface area (Å²) in [5.41, 5.74) is 0.131. The van der Waals surface area contributed by atoms with E-state index in [-0.39, 0.29) is 5.54 Å². The summed E-state index contributed by atoms with van der Waals surface area (Å²) < 4.78 is 0. The van der Waals surface area contributed by atoms with Crippen molar-refractivity contribution in [2.75, 3.05) is 6.54 Å². The molecule has 0 aliphatic carbocycles. The zero-order valence-corrected chi connectivity index (χ0v) is 8.59. The lowest BCUT2D eigenvalue weighted by Crippen LogP contribution is -2.53. The lowest BCUT2D eigenvalue weighted by molar-refractivity contribution is 0.339. The maximum absolute atomic E-state index is 4.38. The van der Waals surface area contributed by atoms with Crippen LogP contribution in [0.3, 0.4) is 0 Å². The molecular formula is C10H20N2. The van der Waals surface area contributed by atoms with Crippen LogP contribution in [0.4, 0.5) is 0 Å². The smallest absolute Gasteiger partial charge is 0.0537 e. The molecule has 12 heavy (non-hydrogen) atoms. The minimum Gasteiger partial charge on any atom is -0.302 e. The van der Waals surface area contributed by atoms with E-state index in [1.54, 1.807) is 0 Å². The van der Waals surface area contributed by atoms with Crippen LogP contribution >= 0.6 is 0 Å². The average molecular weight is 168 g/mol. The molecule has 0 saturated carbocycles. The molecule has 0 bridgehead atoms. The maximum atomic E-state index is 4.38. The molecule has 1 rings (SSSR count). The molecule has 2 atom stereocenters. The van der Waals surface area contributed by atoms with E-state index in [2.05, 4.69) is 44.2 Å². The minimum atomic E-state index is 0.131. The first kappa shape index (κ1) is 9.72. The van der Waals surface area contributed by atoms with Crippen molar-refractivity contribution in [3.05, 3.63) is 0 Å². The Balaban J connectivity index is 2.57. The summed E-state index contributed by atoms with van der Waals surface area (Å²) in [6.45, 7) is 9.84. The minimum absolute atomic E-state index is 0.131. The van der Waals surface area contributed by atoms with Gasteiger partial charge in [0.05, 0.1) is 12.1 Å². The Morgan fingerprint density at radius 2 is 2.33 bits per heavy atom. The van der Waals surface area contributed by atoms with Gasteiger partial charge < -0.3 is 5.32 Å². The number of nitrogens with one attached hydrogen (secondary N) is 1. The van der Waals surface area contributed by atoms with Crippen LogP contribution in [0.1, 0.15) is 34.1 Å². The van der Waals surface area contributed by atoms with Crippen LogP contribution in [0.15, 0.2) is 4.99 Å². The van der Waals surface area contributed by atoms with Gasteiger partial charge in [0.15, 0.2) is 0 Å². The number of hydrogen-bond donors (Lipinski definition) is 1. The lowest BCUT2D eigenvalue weighted by atomic mass is 9.90. The average Bonchev–Trinajstić information content (AvgIpc) is 1.82. The van der Waals surface area contributed by atoms with Crippen molar-refractivity contribution in [2.45, 2.75) is 45.7 Å². The molecule has 0 amide bonds. The van der Waals surface area contributed by atoms with E-state index >= 15 is 0 Å². The second-order valence-corrected chi connectivity index (χ2v) is 4.56. The molecule has 0 radical (unpaired) electrons. The highest BCUT2D eigenvalue weighted by Crippen LogP contribution is 2.17. The second kappa shape index (κ2) is 3.56. The van der Waals surface area contributed by atoms with Crippen LogP contribution in [0.25, 0.3) is 0 Å². The summed E-state index contributed by atoms with van der Waals surface area (Å²) in [5, 5.41) is 3.57. The third-order valence-electron chi connectivity index (χ3n) is 2.16. The Morgan fingerprint density at radius 1 is 1.67 bits per heavy atom. The van der Waals surface area contributed by atoms with E-state index < -0.39 is 0 Å². The van der Waals surface area contributed by atoms with Crippen molar-refractivity contribution in [2.24, 2.45) is 10.9 Å². The van der Waals surface area contributed by atoms with Crippen LogP contribution in [0.5, 0.6) is 0 Å². The van der Waals surface area contributed by atoms with Crippen molar-refractivity contribution < 1.29 is 0 Å². The van der Waals surface area contributed by atoms with Gasteiger partial charge in [-0.2, -0.15) is 0 Å². The van der Waals surface area contributed by atoms with Crippen molar-refractivity contribution in [1.82, 2.24) is 5.32 Å². The second-order valence-electron chi connectivity index (χ2n) is 4.56. The molecule has 1 N–H and O–H groups in total. The van der Waals surface area contributed by atoms with Gasteiger partial charge >= 0.3 is 0 Å². The molecule has 70 valence electrons. The fraction of sp³-hybridized carbons (Fsp3) is 0.900. The van der Waals surface area contributed by atoms with E-state index in [0.717, 1.165) is 12.5 Å². The third kappa shape index (κ3) is 2.59. The van der Waals surface area contributed by atoms with E-state index in [0.29, 0.717) is 6.04 Å². The Kier molecular flexibility index (Phi) is 2.89. The van der Waals surface area contributed by atoms with Gasteiger partial charge in [-0.25, -0.2) is 0 Å². The molecule has 1 aliphatic rings. The van der Waals surface area contributed by atoms with Crippen LogP contribution < -0.4 is 5.32 Å². The molecule has 0 aromatic heterocycles. The van der Waals surface area contributed by atoms with Crippen LogP contribution in [0, 0.1) is 5.92 Å². The zero-order valence-electron chi connectivity index (χ0n) is 8.59. The maximum Gasteiger partial charge on any atom is 0.0537 e. The van der Waals surface area contributed by atoms with Gasteiger partial charge in [0.2, 0.25) is 0 Å². The predicted molar refractivity (Wildman–Crippen MR) is 53.8 cm³/mol. The van der Waals surface area contributed by atoms with Gasteiger partial charge in [-0.1, -0.05) is 13.8 Å². The number of aliphatic imine (C=N–C) groups is 1. The summed E-state index contributed by atoms with van der Waals surface area (Å²) in [4.78, 5) is 4.38. The van der Waals surface area contributed by atoms with E-state index in [9.17, 15) is 0 Å². The van der Waals surface area contributed by atoms with Crippen molar-refractivity contribution >= 4 is 6.21 Å². The largest absolute Gasteiger partial charge is 0.302 e. The summed E-state index contributed by atoms with van der Waals surface area (Å²) in [5.74, 6) is 0.722. The van der Waals surface area contributed by atoms with Crippen molar-refractivity contribution in [1.29, 1.82) is 0 Å². The fourth-order valence-corrected chi connectivity index (χ4v) is 2.02. The van der Waals surface area contributed by atoms with Crippen LogP contribution in [-0.4, -0.2) is 24.3 Å². The van der Waals surface area contributed by atoms with Gasteiger partial charge in [0, 0.05) is 12.3 Å². The molecule has 0 fully saturated rings. The first-order valence-electron chi connectivity index (χ1n) is 4.80. The first-order chi connectivity index (χ1) is 5.52. The van der Waals surface area contributed by atoms with Crippen LogP contribution in [0.2, 0.25) is 0 Å². The molecule has 2 nitrogen and oxygen atoms in total. The highest BCUT2D eigenvalue weighted by atomic mass is 15.1. The highest BCUT2D eigenvalue weighted by Gasteiger charge is 2.27. The molecule has 0 spiro atoms. The monoisotopic (exact) mass is 168 g/mol. The topological polar surface area (TPSA) is 24.4 Å². The molecule has 1 heterocycles. The first-order valence-corrected chi connectivity index (χ1v) is 4.80. The normalized spacial score (nSPS) is 35.9. The fourth-order valence-electron chi connectivity index (χ4n) is 2.02. The Hall–Kier alpha value is -0.370. The highest BCUT2D eigenvalue weighted by molar-refractivity contribution is 5.70. The Bertz CT molecular complexity index is 175. The van der Waals surface area contributed by atoms with Gasteiger partial charge in [0.1, 0.15) is 0 Å². The van der Waals surface area contributed by atoms with Crippen molar-refractivity contribution in [3.8, 4) is 0 Å². The molecule has 0 aromatic carbocycles. The Morgan fingerprint density at radius 3 is 2.83 bits per heavy atom. The summed E-state index contributed by atoms with van der Waals surface area (Å²) in [6.07, 6.45) is 3.24. The van der Waals surface area contributed by atoms with Crippen LogP contribution in [-0.2, 0) is 0 Å². The van der Waals surface area contributed by atoms with E-state index in [1.807, 2.05) is 0 Å². The van der Waals surface area contributed by atoms with Gasteiger partial charge in [0.25, 0.3) is 0 Å². The van der Waals surface area contributed by atoms with Gasteiger partial charge in [-0.15, -0.1) is 0 Å². The summed E-state index contributed by atoms with van der Waals surface area (Å²) >= 11 is 0. The number of nitrogens with zero attached hydrogens (tertiary/aromatic N) is 1. The van der Waals surface area contributed by atoms with Crippen molar-refractivity contribution in [3.63, 3.8) is 0 Å². The Labute approximate surface area is 75.5 Å². The predicted octanol–water partition coefficient (Wildman–Crippen LogP) is 1.85. The third-order valence-corrected chi connectivity index (χ3v) is 2.16. The summed E-state index contributed by atoms with van der Waals surface area (Å²) in [6, 6.07) is 0.527. The number of rotatable bonds is 2. The molecule has 1 aliphatic heterocycles. The van der Waals surface area contributed by atoms with Gasteiger partial charge in [-0.3, -0.25) is 4.99 Å². The standard InChI is InChI=1S/C10H20N2/c1-8(2)5-10(4)7-11-6-9(3)12-10/h7-9,12H,5-6H2,1-4H3. The van der Waals surface area contributed by atoms with Gasteiger partial charge in [-0.05, 0) is 26.2 Å². The molecule has 2 unspecified atom stereocenters. The van der Waals surface area contributed by atoms with E-state index in [1.165, 1.54) is 6.42 Å². The zero-order chi connectivity index (χ0) is 9.19. The summed E-state index contributed by atoms with van der Waals surface area (Å²) in [7, 11) is 0. The molecule has 2 heteroatoms. The SMILES string of the molecule is CC(C)CC1(C)C=NCC(C)N1. The quantitative estimate of drug-likeness (QED) is 0.668. The molecular weight excluding hydrogens is 148 g/mol. The van der Waals surface area contributed by atoms with E-state index in [4.69, 9.17) is 0 Å². The molecule has 0 saturated heterocycles. The number of hydrogen-bond acceptors (Lipinski definition) is 2.